The molecule has 1 aliphatic heterocycles. The molecule has 0 aromatic heterocycles. The lowest BCUT2D eigenvalue weighted by Gasteiger charge is -2.49. The Labute approximate surface area is 118 Å². The highest BCUT2D eigenvalue weighted by atomic mass is 19.1. The number of nitrogens with zero attached hydrogens (tertiary/aromatic N) is 1. The second kappa shape index (κ2) is 5.05. The van der Waals surface area contributed by atoms with E-state index in [9.17, 15) is 14.3 Å². The van der Waals surface area contributed by atoms with E-state index >= 15 is 0 Å². The normalized spacial score (nSPS) is 17.6. The van der Waals surface area contributed by atoms with E-state index in [4.69, 9.17) is 4.74 Å². The van der Waals surface area contributed by atoms with Gasteiger partial charge in [-0.2, -0.15) is 0 Å². The molecule has 1 heterocycles. The van der Waals surface area contributed by atoms with Gasteiger partial charge in [0.25, 0.3) is 0 Å². The number of likely N-dealkylation sites (tertiary alicyclic amines) is 1. The number of aliphatic hydroxyl groups is 1. The van der Waals surface area contributed by atoms with E-state index in [0.717, 1.165) is 5.56 Å². The minimum absolute atomic E-state index is 0.0854. The van der Waals surface area contributed by atoms with Crippen LogP contribution >= 0.6 is 0 Å². The van der Waals surface area contributed by atoms with Crippen LogP contribution in [-0.2, 0) is 10.2 Å². The largest absolute Gasteiger partial charge is 0.444 e. The number of ether oxygens (including phenoxy) is 1. The summed E-state index contributed by atoms with van der Waals surface area (Å²) in [7, 11) is 0. The zero-order valence-electron chi connectivity index (χ0n) is 12.0. The van der Waals surface area contributed by atoms with Gasteiger partial charge in [0.1, 0.15) is 11.4 Å². The standard InChI is InChI=1S/C15H20FNO3/c1-14(2,3)20-13(19)17-8-15(9-17,10-18)11-4-6-12(16)7-5-11/h4-7,18H,8-10H2,1-3H3. The molecule has 1 amide bonds. The number of rotatable bonds is 2. The van der Waals surface area contributed by atoms with Crippen LogP contribution in [0.5, 0.6) is 0 Å². The molecule has 2 rings (SSSR count). The van der Waals surface area contributed by atoms with Gasteiger partial charge >= 0.3 is 6.09 Å². The molecule has 1 aromatic rings. The van der Waals surface area contributed by atoms with Crippen LogP contribution in [0.3, 0.4) is 0 Å². The van der Waals surface area contributed by atoms with Crippen LogP contribution in [0.4, 0.5) is 9.18 Å². The van der Waals surface area contributed by atoms with Gasteiger partial charge in [0.15, 0.2) is 0 Å². The number of hydrogen-bond donors (Lipinski definition) is 1. The number of carbonyl (C=O) groups is 1. The summed E-state index contributed by atoms with van der Waals surface area (Å²) in [6, 6.07) is 6.03. The topological polar surface area (TPSA) is 49.8 Å². The molecular weight excluding hydrogens is 261 g/mol. The summed E-state index contributed by atoms with van der Waals surface area (Å²) in [5.41, 5.74) is -0.212. The second-order valence-electron chi connectivity index (χ2n) is 6.28. The van der Waals surface area contributed by atoms with Crippen molar-refractivity contribution in [2.45, 2.75) is 31.8 Å². The smallest absolute Gasteiger partial charge is 0.410 e. The van der Waals surface area contributed by atoms with Crippen molar-refractivity contribution in [2.24, 2.45) is 0 Å². The van der Waals surface area contributed by atoms with E-state index in [2.05, 4.69) is 0 Å². The molecule has 0 spiro atoms. The molecule has 0 saturated carbocycles. The first kappa shape index (κ1) is 14.8. The van der Waals surface area contributed by atoms with Crippen LogP contribution in [0.1, 0.15) is 26.3 Å². The maximum absolute atomic E-state index is 12.9. The third kappa shape index (κ3) is 2.93. The monoisotopic (exact) mass is 281 g/mol. The minimum Gasteiger partial charge on any atom is -0.444 e. The summed E-state index contributed by atoms with van der Waals surface area (Å²) in [6.45, 7) is 6.10. The number of aliphatic hydroxyl groups excluding tert-OH is 1. The molecule has 1 N–H and O–H groups in total. The second-order valence-corrected chi connectivity index (χ2v) is 6.28. The Morgan fingerprint density at radius 1 is 1.35 bits per heavy atom. The van der Waals surface area contributed by atoms with Crippen molar-refractivity contribution in [3.8, 4) is 0 Å². The molecule has 5 heteroatoms. The van der Waals surface area contributed by atoms with E-state index < -0.39 is 11.0 Å². The molecule has 4 nitrogen and oxygen atoms in total. The average Bonchev–Trinajstić information content (AvgIpc) is 2.28. The van der Waals surface area contributed by atoms with Crippen molar-refractivity contribution in [1.82, 2.24) is 4.90 Å². The Hall–Kier alpha value is -1.62. The molecule has 20 heavy (non-hydrogen) atoms. The van der Waals surface area contributed by atoms with E-state index in [1.165, 1.54) is 12.1 Å². The Bertz CT molecular complexity index is 487. The Kier molecular flexibility index (Phi) is 3.73. The summed E-state index contributed by atoms with van der Waals surface area (Å²) in [5, 5.41) is 9.62. The lowest BCUT2D eigenvalue weighted by atomic mass is 9.74. The van der Waals surface area contributed by atoms with Gasteiger partial charge in [-0.1, -0.05) is 12.1 Å². The Balaban J connectivity index is 2.04. The molecule has 110 valence electrons. The third-order valence-corrected chi connectivity index (χ3v) is 3.40. The molecule has 0 aliphatic carbocycles. The van der Waals surface area contributed by atoms with Crippen molar-refractivity contribution >= 4 is 6.09 Å². The summed E-state index contributed by atoms with van der Waals surface area (Å²) in [6.07, 6.45) is -0.385. The SMILES string of the molecule is CC(C)(C)OC(=O)N1CC(CO)(c2ccc(F)cc2)C1. The molecule has 1 fully saturated rings. The van der Waals surface area contributed by atoms with Gasteiger partial charge in [0.2, 0.25) is 0 Å². The van der Waals surface area contributed by atoms with Crippen LogP contribution in [0.25, 0.3) is 0 Å². The predicted octanol–water partition coefficient (Wildman–Crippen LogP) is 2.31. The van der Waals surface area contributed by atoms with Gasteiger partial charge in [-0.3, -0.25) is 0 Å². The molecule has 0 bridgehead atoms. The van der Waals surface area contributed by atoms with Crippen LogP contribution in [0, 0.1) is 5.82 Å². The lowest BCUT2D eigenvalue weighted by Crippen LogP contribution is -2.63. The number of halogens is 1. The highest BCUT2D eigenvalue weighted by Crippen LogP contribution is 2.35. The quantitative estimate of drug-likeness (QED) is 0.905. The van der Waals surface area contributed by atoms with Gasteiger partial charge < -0.3 is 14.7 Å². The zero-order chi connectivity index (χ0) is 15.0. The predicted molar refractivity (Wildman–Crippen MR) is 73.0 cm³/mol. The van der Waals surface area contributed by atoms with Crippen LogP contribution in [-0.4, -0.2) is 41.4 Å². The highest BCUT2D eigenvalue weighted by molar-refractivity contribution is 5.70. The van der Waals surface area contributed by atoms with Gasteiger partial charge in [0, 0.05) is 13.1 Å². The average molecular weight is 281 g/mol. The Morgan fingerprint density at radius 3 is 2.35 bits per heavy atom. The van der Waals surface area contributed by atoms with Crippen molar-refractivity contribution in [2.75, 3.05) is 19.7 Å². The number of benzene rings is 1. The molecule has 1 aromatic carbocycles. The summed E-state index contributed by atoms with van der Waals surface area (Å²) in [5.74, 6) is -0.315. The fraction of sp³-hybridized carbons (Fsp3) is 0.533. The molecule has 1 aliphatic rings. The van der Waals surface area contributed by atoms with Gasteiger partial charge in [-0.25, -0.2) is 9.18 Å². The van der Waals surface area contributed by atoms with Crippen LogP contribution in [0.15, 0.2) is 24.3 Å². The first-order valence-corrected chi connectivity index (χ1v) is 6.61. The molecular formula is C15H20FNO3. The first-order chi connectivity index (χ1) is 9.26. The molecule has 0 atom stereocenters. The van der Waals surface area contributed by atoms with Gasteiger partial charge in [0.05, 0.1) is 12.0 Å². The Morgan fingerprint density at radius 2 is 1.90 bits per heavy atom. The van der Waals surface area contributed by atoms with Crippen molar-refractivity contribution in [1.29, 1.82) is 0 Å². The number of amides is 1. The highest BCUT2D eigenvalue weighted by Gasteiger charge is 2.47. The molecule has 0 radical (unpaired) electrons. The maximum Gasteiger partial charge on any atom is 0.410 e. The van der Waals surface area contributed by atoms with Crippen LogP contribution < -0.4 is 0 Å². The lowest BCUT2D eigenvalue weighted by molar-refractivity contribution is -0.0227. The zero-order valence-corrected chi connectivity index (χ0v) is 12.0. The van der Waals surface area contributed by atoms with E-state index in [1.54, 1.807) is 17.0 Å². The molecule has 0 unspecified atom stereocenters. The van der Waals surface area contributed by atoms with Gasteiger partial charge in [-0.15, -0.1) is 0 Å². The minimum atomic E-state index is -0.537. The van der Waals surface area contributed by atoms with E-state index in [1.807, 2.05) is 20.8 Å². The molecule has 1 saturated heterocycles. The number of carbonyl (C=O) groups excluding carboxylic acids is 1. The maximum atomic E-state index is 12.9. The summed E-state index contributed by atoms with van der Waals surface area (Å²) in [4.78, 5) is 13.4. The van der Waals surface area contributed by atoms with E-state index in [-0.39, 0.29) is 18.5 Å². The summed E-state index contributed by atoms with van der Waals surface area (Å²) < 4.78 is 18.2. The fourth-order valence-electron chi connectivity index (χ4n) is 2.32. The van der Waals surface area contributed by atoms with Crippen molar-refractivity contribution in [3.63, 3.8) is 0 Å². The fourth-order valence-corrected chi connectivity index (χ4v) is 2.32. The van der Waals surface area contributed by atoms with Crippen molar-refractivity contribution in [3.05, 3.63) is 35.6 Å². The van der Waals surface area contributed by atoms with Crippen LogP contribution in [0.2, 0.25) is 0 Å². The first-order valence-electron chi connectivity index (χ1n) is 6.61. The van der Waals surface area contributed by atoms with E-state index in [0.29, 0.717) is 13.1 Å². The summed E-state index contributed by atoms with van der Waals surface area (Å²) >= 11 is 0. The number of hydrogen-bond acceptors (Lipinski definition) is 3. The van der Waals surface area contributed by atoms with Gasteiger partial charge in [-0.05, 0) is 38.5 Å². The third-order valence-electron chi connectivity index (χ3n) is 3.40. The van der Waals surface area contributed by atoms with Crippen molar-refractivity contribution < 1.29 is 19.0 Å².